The maximum absolute atomic E-state index is 15.1. The molecule has 0 spiro atoms. The van der Waals surface area contributed by atoms with Crippen LogP contribution in [-0.2, 0) is 24.1 Å². The fourth-order valence-corrected chi connectivity index (χ4v) is 8.91. The molecule has 1 heterocycles. The van der Waals surface area contributed by atoms with E-state index in [4.69, 9.17) is 27.9 Å². The van der Waals surface area contributed by atoms with E-state index in [0.29, 0.717) is 56.9 Å². The molecule has 0 radical (unpaired) electrons. The van der Waals surface area contributed by atoms with Gasteiger partial charge in [0.05, 0.1) is 34.4 Å². The van der Waals surface area contributed by atoms with Crippen LogP contribution in [0.4, 0.5) is 0 Å². The SMILES string of the molecule is CCc1c(C#N)cc2ccccc2c1C(=O)N(Cc1ccccc1O)C[C@@H](CCN1CCC(c2ccc(OC)cc2[S@+](C)[O-])CC1)c1ccc(Cl)c(Cl)c1. The zero-order valence-corrected chi connectivity index (χ0v) is 33.2. The molecule has 7 nitrogen and oxygen atoms in total. The van der Waals surface area contributed by atoms with E-state index in [1.54, 1.807) is 31.6 Å². The predicted octanol–water partition coefficient (Wildman–Crippen LogP) is 9.73. The van der Waals surface area contributed by atoms with E-state index in [1.165, 1.54) is 0 Å². The third kappa shape index (κ3) is 8.83. The van der Waals surface area contributed by atoms with Crippen LogP contribution >= 0.6 is 23.2 Å². The first kappa shape index (κ1) is 39.5. The summed E-state index contributed by atoms with van der Waals surface area (Å²) in [6, 6.07) is 30.5. The second-order valence-electron chi connectivity index (χ2n) is 13.9. The Bertz CT molecular complexity index is 2160. The van der Waals surface area contributed by atoms with Crippen molar-refractivity contribution in [2.24, 2.45) is 0 Å². The van der Waals surface area contributed by atoms with Crippen molar-refractivity contribution in [3.05, 3.63) is 134 Å². The molecular formula is C44H45Cl2N3O4S. The van der Waals surface area contributed by atoms with Crippen LogP contribution in [0.3, 0.4) is 0 Å². The summed E-state index contributed by atoms with van der Waals surface area (Å²) in [5.41, 5.74) is 4.44. The number of likely N-dealkylation sites (tertiary alicyclic amines) is 1. The van der Waals surface area contributed by atoms with Crippen molar-refractivity contribution in [1.82, 2.24) is 9.80 Å². The van der Waals surface area contributed by atoms with Gasteiger partial charge in [0.1, 0.15) is 17.8 Å². The second-order valence-corrected chi connectivity index (χ2v) is 16.1. The number of carbonyl (C=O) groups is 1. The number of aromatic hydroxyl groups is 1. The number of methoxy groups -OCH3 is 1. The van der Waals surface area contributed by atoms with Gasteiger partial charge in [0.25, 0.3) is 5.91 Å². The summed E-state index contributed by atoms with van der Waals surface area (Å²) in [4.78, 5) is 20.2. The number of rotatable bonds is 13. The van der Waals surface area contributed by atoms with Crippen LogP contribution in [0.15, 0.2) is 95.9 Å². The van der Waals surface area contributed by atoms with Crippen LogP contribution in [0.5, 0.6) is 11.5 Å². The Morgan fingerprint density at radius 3 is 2.46 bits per heavy atom. The summed E-state index contributed by atoms with van der Waals surface area (Å²) in [7, 11) is 1.62. The van der Waals surface area contributed by atoms with Gasteiger partial charge in [-0.15, -0.1) is 0 Å². The van der Waals surface area contributed by atoms with Crippen molar-refractivity contribution < 1.29 is 19.2 Å². The predicted molar refractivity (Wildman–Crippen MR) is 218 cm³/mol. The maximum atomic E-state index is 15.1. The molecule has 0 bridgehead atoms. The number of hydrogen-bond donors (Lipinski definition) is 1. The molecule has 1 N–H and O–H groups in total. The largest absolute Gasteiger partial charge is 0.612 e. The van der Waals surface area contributed by atoms with E-state index >= 15 is 4.79 Å². The molecular weight excluding hydrogens is 737 g/mol. The Kier molecular flexibility index (Phi) is 13.1. The van der Waals surface area contributed by atoms with Gasteiger partial charge in [0.15, 0.2) is 4.90 Å². The Balaban J connectivity index is 1.31. The summed E-state index contributed by atoms with van der Waals surface area (Å²) in [5, 5.41) is 23.6. The van der Waals surface area contributed by atoms with Crippen molar-refractivity contribution in [1.29, 1.82) is 5.26 Å². The number of ether oxygens (including phenoxy) is 1. The summed E-state index contributed by atoms with van der Waals surface area (Å²) in [6.07, 6.45) is 4.84. The lowest BCUT2D eigenvalue weighted by molar-refractivity contribution is 0.0726. The number of carbonyl (C=O) groups excluding carboxylic acids is 1. The minimum Gasteiger partial charge on any atom is -0.612 e. The fraction of sp³-hybridized carbons (Fsp3) is 0.318. The van der Waals surface area contributed by atoms with E-state index in [2.05, 4.69) is 17.0 Å². The van der Waals surface area contributed by atoms with Gasteiger partial charge in [-0.1, -0.05) is 84.7 Å². The van der Waals surface area contributed by atoms with Gasteiger partial charge in [-0.05, 0) is 115 Å². The van der Waals surface area contributed by atoms with Crippen molar-refractivity contribution in [2.45, 2.75) is 55.9 Å². The molecule has 280 valence electrons. The number of nitriles is 1. The third-order valence-electron chi connectivity index (χ3n) is 10.7. The molecule has 10 heteroatoms. The average Bonchev–Trinajstić information content (AvgIpc) is 3.19. The van der Waals surface area contributed by atoms with E-state index < -0.39 is 11.2 Å². The van der Waals surface area contributed by atoms with Crippen LogP contribution in [-0.4, -0.2) is 64.9 Å². The first-order chi connectivity index (χ1) is 26.1. The molecule has 0 aromatic heterocycles. The fourth-order valence-electron chi connectivity index (χ4n) is 7.76. The van der Waals surface area contributed by atoms with Crippen LogP contribution in [0.2, 0.25) is 10.0 Å². The number of benzene rings is 5. The number of phenols is 1. The Labute approximate surface area is 331 Å². The molecule has 2 atom stereocenters. The highest BCUT2D eigenvalue weighted by atomic mass is 35.5. The highest BCUT2D eigenvalue weighted by Crippen LogP contribution is 2.36. The molecule has 1 aliphatic heterocycles. The molecule has 1 amide bonds. The third-order valence-corrected chi connectivity index (χ3v) is 12.4. The van der Waals surface area contributed by atoms with E-state index in [-0.39, 0.29) is 24.1 Å². The van der Waals surface area contributed by atoms with E-state index in [9.17, 15) is 14.9 Å². The summed E-state index contributed by atoms with van der Waals surface area (Å²) in [5.74, 6) is 0.802. The number of hydrogen-bond acceptors (Lipinski definition) is 6. The number of phenolic OH excluding ortho intramolecular Hbond substituents is 1. The van der Waals surface area contributed by atoms with Crippen LogP contribution in [0.1, 0.15) is 76.2 Å². The normalized spacial score (nSPS) is 14.8. The van der Waals surface area contributed by atoms with Gasteiger partial charge < -0.3 is 24.2 Å². The molecule has 1 saturated heterocycles. The monoisotopic (exact) mass is 781 g/mol. The summed E-state index contributed by atoms with van der Waals surface area (Å²) in [6.45, 7) is 5.04. The smallest absolute Gasteiger partial charge is 0.255 e. The quantitative estimate of drug-likeness (QED) is 0.120. The second kappa shape index (κ2) is 17.9. The number of para-hydroxylation sites is 1. The van der Waals surface area contributed by atoms with Gasteiger partial charge >= 0.3 is 0 Å². The Morgan fingerprint density at radius 2 is 1.78 bits per heavy atom. The number of piperidine rings is 1. The van der Waals surface area contributed by atoms with Crippen LogP contribution in [0.25, 0.3) is 10.8 Å². The lowest BCUT2D eigenvalue weighted by Gasteiger charge is -2.35. The molecule has 1 fully saturated rings. The van der Waals surface area contributed by atoms with Crippen molar-refractivity contribution >= 4 is 51.1 Å². The summed E-state index contributed by atoms with van der Waals surface area (Å²) >= 11 is 11.9. The van der Waals surface area contributed by atoms with Crippen LogP contribution in [0, 0.1) is 11.3 Å². The average molecular weight is 783 g/mol. The van der Waals surface area contributed by atoms with Gasteiger partial charge in [-0.25, -0.2) is 0 Å². The van der Waals surface area contributed by atoms with Gasteiger partial charge in [-0.2, -0.15) is 5.26 Å². The van der Waals surface area contributed by atoms with Gasteiger partial charge in [-0.3, -0.25) is 4.79 Å². The minimum atomic E-state index is -1.13. The van der Waals surface area contributed by atoms with Crippen molar-refractivity contribution in [2.75, 3.05) is 39.5 Å². The molecule has 1 aliphatic rings. The molecule has 54 heavy (non-hydrogen) atoms. The molecule has 0 saturated carbocycles. The molecule has 0 unspecified atom stereocenters. The van der Waals surface area contributed by atoms with Crippen molar-refractivity contribution in [3.8, 4) is 17.6 Å². The first-order valence-electron chi connectivity index (χ1n) is 18.3. The maximum Gasteiger partial charge on any atom is 0.255 e. The Morgan fingerprint density at radius 1 is 1.04 bits per heavy atom. The number of halogens is 2. The molecule has 6 rings (SSSR count). The van der Waals surface area contributed by atoms with Crippen molar-refractivity contribution in [3.63, 3.8) is 0 Å². The highest BCUT2D eigenvalue weighted by Gasteiger charge is 2.30. The van der Waals surface area contributed by atoms with Gasteiger partial charge in [0, 0.05) is 36.2 Å². The first-order valence-corrected chi connectivity index (χ1v) is 20.6. The zero-order chi connectivity index (χ0) is 38.4. The number of fused-ring (bicyclic) bond motifs is 1. The standard InChI is InChI=1S/C44H45Cl2N3O4S/c1-4-36-34(26-47)23-31-9-5-7-11-38(31)43(36)44(51)49(28-33-10-6-8-12-41(33)50)27-32(30-13-16-39(45)40(46)24-30)19-22-48-20-17-29(18-21-48)37-15-14-35(53-2)25-42(37)54(3)52/h5-16,23-25,29,32,50H,4,17-22,27-28H2,1-3H3/t32-,54+/m1/s1. The Hall–Kier alpha value is -4.23. The highest BCUT2D eigenvalue weighted by molar-refractivity contribution is 7.90. The molecule has 5 aromatic rings. The van der Waals surface area contributed by atoms with E-state index in [1.807, 2.05) is 78.6 Å². The lowest BCUT2D eigenvalue weighted by Crippen LogP contribution is -2.38. The molecule has 5 aromatic carbocycles. The lowest BCUT2D eigenvalue weighted by atomic mass is 9.88. The molecule has 0 aliphatic carbocycles. The van der Waals surface area contributed by atoms with Crippen LogP contribution < -0.4 is 4.74 Å². The van der Waals surface area contributed by atoms with E-state index in [0.717, 1.165) is 65.7 Å². The van der Waals surface area contributed by atoms with Gasteiger partial charge in [0.2, 0.25) is 0 Å². The summed E-state index contributed by atoms with van der Waals surface area (Å²) < 4.78 is 18.1. The number of amides is 1. The topological polar surface area (TPSA) is 99.9 Å². The zero-order valence-electron chi connectivity index (χ0n) is 30.9. The minimum absolute atomic E-state index is 0.113. The number of nitrogens with zero attached hydrogens (tertiary/aromatic N) is 3.